The molecule has 2 rings (SSSR count). The lowest BCUT2D eigenvalue weighted by Crippen LogP contribution is -2.58. The van der Waals surface area contributed by atoms with Gasteiger partial charge in [0.05, 0.1) is 6.61 Å². The van der Waals surface area contributed by atoms with Crippen molar-refractivity contribution in [2.75, 3.05) is 13.2 Å². The summed E-state index contributed by atoms with van der Waals surface area (Å²) < 4.78 is 5.85. The molecule has 1 fully saturated rings. The summed E-state index contributed by atoms with van der Waals surface area (Å²) in [5, 5.41) is 3.69. The minimum atomic E-state index is 0.392. The SMILES string of the molecule is CCNC1CC(c2ccccc2OCC)C1(CC)CC. The first-order valence-corrected chi connectivity index (χ1v) is 8.18. The molecule has 20 heavy (non-hydrogen) atoms. The molecule has 0 amide bonds. The Morgan fingerprint density at radius 1 is 1.15 bits per heavy atom. The van der Waals surface area contributed by atoms with Crippen LogP contribution >= 0.6 is 0 Å². The van der Waals surface area contributed by atoms with Crippen LogP contribution in [0.1, 0.15) is 58.4 Å². The molecule has 1 aliphatic carbocycles. The van der Waals surface area contributed by atoms with E-state index in [4.69, 9.17) is 4.74 Å². The zero-order valence-corrected chi connectivity index (χ0v) is 13.4. The predicted octanol–water partition coefficient (Wildman–Crippen LogP) is 4.36. The Bertz CT molecular complexity index is 425. The van der Waals surface area contributed by atoms with Gasteiger partial charge >= 0.3 is 0 Å². The van der Waals surface area contributed by atoms with E-state index in [-0.39, 0.29) is 0 Å². The summed E-state index contributed by atoms with van der Waals surface area (Å²) in [6.45, 7) is 10.7. The van der Waals surface area contributed by atoms with Crippen LogP contribution < -0.4 is 10.1 Å². The molecule has 0 radical (unpaired) electrons. The summed E-state index contributed by atoms with van der Waals surface area (Å²) >= 11 is 0. The molecular formula is C18H29NO. The molecule has 2 atom stereocenters. The lowest BCUT2D eigenvalue weighted by Gasteiger charge is -2.57. The van der Waals surface area contributed by atoms with Crippen LogP contribution in [0.15, 0.2) is 24.3 Å². The Kier molecular flexibility index (Phi) is 5.09. The fourth-order valence-corrected chi connectivity index (χ4v) is 4.05. The quantitative estimate of drug-likeness (QED) is 0.798. The monoisotopic (exact) mass is 275 g/mol. The van der Waals surface area contributed by atoms with Gasteiger partial charge in [0, 0.05) is 6.04 Å². The molecule has 0 aliphatic heterocycles. The van der Waals surface area contributed by atoms with E-state index in [9.17, 15) is 0 Å². The summed E-state index contributed by atoms with van der Waals surface area (Å²) in [5.41, 5.74) is 1.80. The second-order valence-corrected chi connectivity index (χ2v) is 5.81. The third kappa shape index (κ3) is 2.46. The van der Waals surface area contributed by atoms with Gasteiger partial charge < -0.3 is 10.1 Å². The molecule has 2 heteroatoms. The molecule has 1 saturated carbocycles. The highest BCUT2D eigenvalue weighted by atomic mass is 16.5. The van der Waals surface area contributed by atoms with Gasteiger partial charge in [-0.05, 0) is 55.7 Å². The molecule has 1 aliphatic rings. The highest BCUT2D eigenvalue weighted by Crippen LogP contribution is 2.58. The van der Waals surface area contributed by atoms with E-state index in [0.717, 1.165) is 18.9 Å². The zero-order chi connectivity index (χ0) is 14.6. The van der Waals surface area contributed by atoms with Crippen molar-refractivity contribution < 1.29 is 4.74 Å². The lowest BCUT2D eigenvalue weighted by atomic mass is 9.51. The second kappa shape index (κ2) is 6.62. The molecule has 0 spiro atoms. The van der Waals surface area contributed by atoms with Gasteiger partial charge in [0.2, 0.25) is 0 Å². The largest absolute Gasteiger partial charge is 0.494 e. The van der Waals surface area contributed by atoms with E-state index in [2.05, 4.69) is 57.3 Å². The molecule has 2 unspecified atom stereocenters. The Morgan fingerprint density at radius 3 is 2.45 bits per heavy atom. The number of para-hydroxylation sites is 1. The third-order valence-electron chi connectivity index (χ3n) is 5.22. The van der Waals surface area contributed by atoms with Gasteiger partial charge in [0.1, 0.15) is 5.75 Å². The zero-order valence-electron chi connectivity index (χ0n) is 13.4. The standard InChI is InChI=1S/C18H29NO/c1-5-18(6-2)15(13-17(18)19-7-3)14-11-9-10-12-16(14)20-8-4/h9-12,15,17,19H,5-8,13H2,1-4H3. The second-order valence-electron chi connectivity index (χ2n) is 5.81. The van der Waals surface area contributed by atoms with E-state index in [1.54, 1.807) is 0 Å². The molecular weight excluding hydrogens is 246 g/mol. The molecule has 0 bridgehead atoms. The fraction of sp³-hybridized carbons (Fsp3) is 0.667. The Morgan fingerprint density at radius 2 is 1.85 bits per heavy atom. The summed E-state index contributed by atoms with van der Waals surface area (Å²) in [7, 11) is 0. The summed E-state index contributed by atoms with van der Waals surface area (Å²) in [5.74, 6) is 1.71. The average Bonchev–Trinajstić information content (AvgIpc) is 2.46. The number of hydrogen-bond acceptors (Lipinski definition) is 2. The molecule has 0 heterocycles. The first kappa shape index (κ1) is 15.4. The Balaban J connectivity index is 2.29. The summed E-state index contributed by atoms with van der Waals surface area (Å²) in [6, 6.07) is 9.26. The van der Waals surface area contributed by atoms with E-state index < -0.39 is 0 Å². The van der Waals surface area contributed by atoms with Crippen LogP contribution in [0.5, 0.6) is 5.75 Å². The minimum absolute atomic E-state index is 0.392. The average molecular weight is 275 g/mol. The van der Waals surface area contributed by atoms with Crippen molar-refractivity contribution >= 4 is 0 Å². The molecule has 0 saturated heterocycles. The molecule has 1 N–H and O–H groups in total. The first-order chi connectivity index (χ1) is 9.73. The smallest absolute Gasteiger partial charge is 0.122 e. The minimum Gasteiger partial charge on any atom is -0.494 e. The molecule has 1 aromatic rings. The summed E-state index contributed by atoms with van der Waals surface area (Å²) in [4.78, 5) is 0. The van der Waals surface area contributed by atoms with Gasteiger partial charge in [0.15, 0.2) is 0 Å². The van der Waals surface area contributed by atoms with Crippen molar-refractivity contribution in [3.05, 3.63) is 29.8 Å². The maximum atomic E-state index is 5.85. The highest BCUT2D eigenvalue weighted by molar-refractivity contribution is 5.40. The van der Waals surface area contributed by atoms with Crippen molar-refractivity contribution in [2.24, 2.45) is 5.41 Å². The topological polar surface area (TPSA) is 21.3 Å². The van der Waals surface area contributed by atoms with Crippen LogP contribution in [0, 0.1) is 5.41 Å². The van der Waals surface area contributed by atoms with Crippen molar-refractivity contribution in [1.82, 2.24) is 5.32 Å². The van der Waals surface area contributed by atoms with Crippen LogP contribution in [0.2, 0.25) is 0 Å². The fourth-order valence-electron chi connectivity index (χ4n) is 4.05. The van der Waals surface area contributed by atoms with Crippen LogP contribution in [-0.2, 0) is 0 Å². The Hall–Kier alpha value is -1.02. The predicted molar refractivity (Wildman–Crippen MR) is 85.4 cm³/mol. The van der Waals surface area contributed by atoms with Gasteiger partial charge in [0.25, 0.3) is 0 Å². The van der Waals surface area contributed by atoms with Gasteiger partial charge in [-0.3, -0.25) is 0 Å². The third-order valence-corrected chi connectivity index (χ3v) is 5.22. The summed E-state index contributed by atoms with van der Waals surface area (Å²) in [6.07, 6.45) is 3.69. The van der Waals surface area contributed by atoms with Crippen LogP contribution in [-0.4, -0.2) is 19.2 Å². The van der Waals surface area contributed by atoms with Gasteiger partial charge in [-0.1, -0.05) is 39.0 Å². The highest BCUT2D eigenvalue weighted by Gasteiger charge is 2.53. The molecule has 0 aromatic heterocycles. The molecule has 2 nitrogen and oxygen atoms in total. The normalized spacial score (nSPS) is 24.2. The lowest BCUT2D eigenvalue weighted by molar-refractivity contribution is 0.0196. The number of hydrogen-bond donors (Lipinski definition) is 1. The van der Waals surface area contributed by atoms with Crippen molar-refractivity contribution in [3.63, 3.8) is 0 Å². The van der Waals surface area contributed by atoms with Crippen LogP contribution in [0.25, 0.3) is 0 Å². The number of benzene rings is 1. The van der Waals surface area contributed by atoms with Gasteiger partial charge in [-0.2, -0.15) is 0 Å². The van der Waals surface area contributed by atoms with E-state index >= 15 is 0 Å². The van der Waals surface area contributed by atoms with Crippen LogP contribution in [0.3, 0.4) is 0 Å². The number of ether oxygens (including phenoxy) is 1. The molecule has 112 valence electrons. The van der Waals surface area contributed by atoms with Gasteiger partial charge in [-0.15, -0.1) is 0 Å². The van der Waals surface area contributed by atoms with E-state index in [1.165, 1.54) is 24.8 Å². The molecule has 1 aromatic carbocycles. The van der Waals surface area contributed by atoms with Crippen molar-refractivity contribution in [3.8, 4) is 5.75 Å². The Labute approximate surface area is 123 Å². The van der Waals surface area contributed by atoms with Crippen molar-refractivity contribution in [1.29, 1.82) is 0 Å². The first-order valence-electron chi connectivity index (χ1n) is 8.18. The maximum absolute atomic E-state index is 5.85. The number of rotatable bonds is 7. The van der Waals surface area contributed by atoms with Gasteiger partial charge in [-0.25, -0.2) is 0 Å². The maximum Gasteiger partial charge on any atom is 0.122 e. The van der Waals surface area contributed by atoms with E-state index in [1.807, 2.05) is 0 Å². The van der Waals surface area contributed by atoms with Crippen LogP contribution in [0.4, 0.5) is 0 Å². The number of nitrogens with one attached hydrogen (secondary N) is 1. The van der Waals surface area contributed by atoms with E-state index in [0.29, 0.717) is 17.4 Å². The van der Waals surface area contributed by atoms with Crippen molar-refractivity contribution in [2.45, 2.75) is 58.9 Å².